The van der Waals surface area contributed by atoms with Gasteiger partial charge >= 0.3 is 0 Å². The van der Waals surface area contributed by atoms with Gasteiger partial charge in [-0.05, 0) is 49.6 Å². The molecule has 1 heterocycles. The monoisotopic (exact) mass is 261 g/mol. The van der Waals surface area contributed by atoms with Gasteiger partial charge in [-0.1, -0.05) is 13.8 Å². The second-order valence-electron chi connectivity index (χ2n) is 5.75. The zero-order valence-corrected chi connectivity index (χ0v) is 12.2. The van der Waals surface area contributed by atoms with Crippen LogP contribution in [0.1, 0.15) is 36.2 Å². The minimum atomic E-state index is -0.251. The van der Waals surface area contributed by atoms with Gasteiger partial charge in [0.05, 0.1) is 7.11 Å². The van der Waals surface area contributed by atoms with Crippen molar-refractivity contribution in [1.82, 2.24) is 5.32 Å². The van der Waals surface area contributed by atoms with E-state index in [0.717, 1.165) is 36.4 Å². The lowest BCUT2D eigenvalue weighted by atomic mass is 9.70. The van der Waals surface area contributed by atoms with Crippen molar-refractivity contribution in [3.8, 4) is 5.75 Å². The number of nitrogens with one attached hydrogen (secondary N) is 1. The molecule has 0 radical (unpaired) electrons. The molecule has 1 aliphatic rings. The number of hydrogen-bond acceptors (Lipinski definition) is 3. The summed E-state index contributed by atoms with van der Waals surface area (Å²) in [5, 5.41) is 3.34. The van der Waals surface area contributed by atoms with E-state index < -0.39 is 0 Å². The average molecular weight is 261 g/mol. The highest BCUT2D eigenvalue weighted by atomic mass is 16.5. The topological polar surface area (TPSA) is 38.3 Å². The summed E-state index contributed by atoms with van der Waals surface area (Å²) in [7, 11) is 1.65. The van der Waals surface area contributed by atoms with Gasteiger partial charge in [0.25, 0.3) is 0 Å². The predicted octanol–water partition coefficient (Wildman–Crippen LogP) is 2.82. The highest BCUT2D eigenvalue weighted by molar-refractivity contribution is 6.02. The molecule has 0 bridgehead atoms. The van der Waals surface area contributed by atoms with Gasteiger partial charge < -0.3 is 10.1 Å². The molecule has 1 N–H and O–H groups in total. The molecule has 1 aliphatic heterocycles. The van der Waals surface area contributed by atoms with E-state index in [2.05, 4.69) is 19.2 Å². The first-order valence-corrected chi connectivity index (χ1v) is 6.91. The van der Waals surface area contributed by atoms with Crippen molar-refractivity contribution in [1.29, 1.82) is 0 Å². The van der Waals surface area contributed by atoms with Crippen LogP contribution in [-0.4, -0.2) is 26.0 Å². The number of aryl methyl sites for hydroxylation is 1. The van der Waals surface area contributed by atoms with Crippen LogP contribution >= 0.6 is 0 Å². The van der Waals surface area contributed by atoms with Gasteiger partial charge in [-0.15, -0.1) is 0 Å². The van der Waals surface area contributed by atoms with Crippen molar-refractivity contribution in [2.45, 2.75) is 27.2 Å². The van der Waals surface area contributed by atoms with Crippen LogP contribution in [0.4, 0.5) is 0 Å². The number of carbonyl (C=O) groups is 1. The summed E-state index contributed by atoms with van der Waals surface area (Å²) in [6.45, 7) is 7.98. The smallest absolute Gasteiger partial charge is 0.170 e. The number of hydrogen-bond donors (Lipinski definition) is 1. The fourth-order valence-electron chi connectivity index (χ4n) is 2.95. The first kappa shape index (κ1) is 14.1. The summed E-state index contributed by atoms with van der Waals surface area (Å²) < 4.78 is 5.20. The van der Waals surface area contributed by atoms with Gasteiger partial charge in [0.1, 0.15) is 5.75 Å². The van der Waals surface area contributed by atoms with E-state index in [1.807, 2.05) is 25.1 Å². The third kappa shape index (κ3) is 2.39. The summed E-state index contributed by atoms with van der Waals surface area (Å²) in [4.78, 5) is 13.0. The zero-order valence-electron chi connectivity index (χ0n) is 12.2. The van der Waals surface area contributed by atoms with Crippen LogP contribution in [0.3, 0.4) is 0 Å². The molecule has 1 unspecified atom stereocenters. The van der Waals surface area contributed by atoms with Crippen LogP contribution in [0.2, 0.25) is 0 Å². The van der Waals surface area contributed by atoms with Crippen LogP contribution in [-0.2, 0) is 0 Å². The largest absolute Gasteiger partial charge is 0.497 e. The minimum Gasteiger partial charge on any atom is -0.497 e. The Morgan fingerprint density at radius 2 is 2.16 bits per heavy atom. The van der Waals surface area contributed by atoms with Gasteiger partial charge in [-0.25, -0.2) is 0 Å². The van der Waals surface area contributed by atoms with Crippen molar-refractivity contribution in [3.05, 3.63) is 29.3 Å². The highest BCUT2D eigenvalue weighted by Gasteiger charge is 2.44. The van der Waals surface area contributed by atoms with Crippen molar-refractivity contribution >= 4 is 5.78 Å². The minimum absolute atomic E-state index is 0.251. The van der Waals surface area contributed by atoms with Crippen LogP contribution in [0.15, 0.2) is 18.2 Å². The van der Waals surface area contributed by atoms with E-state index >= 15 is 0 Å². The number of methoxy groups -OCH3 is 1. The molecule has 3 heteroatoms. The van der Waals surface area contributed by atoms with Crippen LogP contribution < -0.4 is 10.1 Å². The maximum Gasteiger partial charge on any atom is 0.170 e. The fourth-order valence-corrected chi connectivity index (χ4v) is 2.95. The molecule has 1 atom stereocenters. The molecule has 0 aliphatic carbocycles. The summed E-state index contributed by atoms with van der Waals surface area (Å²) in [6.07, 6.45) is 0.926. The molecule has 1 saturated heterocycles. The van der Waals surface area contributed by atoms with Gasteiger partial charge in [0, 0.05) is 17.5 Å². The number of rotatable bonds is 4. The average Bonchev–Trinajstić information content (AvgIpc) is 2.88. The second-order valence-corrected chi connectivity index (χ2v) is 5.75. The maximum atomic E-state index is 13.0. The lowest BCUT2D eigenvalue weighted by Crippen LogP contribution is -2.38. The van der Waals surface area contributed by atoms with E-state index in [0.29, 0.717) is 5.92 Å². The lowest BCUT2D eigenvalue weighted by molar-refractivity contribution is 0.0739. The first-order chi connectivity index (χ1) is 9.01. The first-order valence-electron chi connectivity index (χ1n) is 6.91. The van der Waals surface area contributed by atoms with Gasteiger partial charge in [-0.2, -0.15) is 0 Å². The molecule has 2 rings (SSSR count). The molecule has 104 valence electrons. The zero-order chi connectivity index (χ0) is 14.0. The number of carbonyl (C=O) groups excluding carboxylic acids is 1. The lowest BCUT2D eigenvalue weighted by Gasteiger charge is -2.31. The number of ketones is 1. The molecule has 1 aromatic carbocycles. The summed E-state index contributed by atoms with van der Waals surface area (Å²) in [6, 6.07) is 5.71. The highest BCUT2D eigenvalue weighted by Crippen LogP contribution is 2.38. The molecule has 0 saturated carbocycles. The van der Waals surface area contributed by atoms with E-state index in [1.165, 1.54) is 0 Å². The Bertz CT molecular complexity index is 474. The molecule has 0 spiro atoms. The third-order valence-corrected chi connectivity index (χ3v) is 4.42. The molecule has 3 nitrogen and oxygen atoms in total. The van der Waals surface area contributed by atoms with Gasteiger partial charge in [0.15, 0.2) is 5.78 Å². The molecular formula is C16H23NO2. The number of benzene rings is 1. The summed E-state index contributed by atoms with van der Waals surface area (Å²) in [5.41, 5.74) is 1.58. The quantitative estimate of drug-likeness (QED) is 0.847. The van der Waals surface area contributed by atoms with Crippen LogP contribution in [0.5, 0.6) is 5.75 Å². The van der Waals surface area contributed by atoms with Crippen molar-refractivity contribution in [3.63, 3.8) is 0 Å². The molecule has 1 aromatic rings. The molecular weight excluding hydrogens is 238 g/mol. The molecule has 0 aromatic heterocycles. The van der Waals surface area contributed by atoms with E-state index in [-0.39, 0.29) is 11.2 Å². The van der Waals surface area contributed by atoms with Crippen LogP contribution in [0, 0.1) is 18.3 Å². The Labute approximate surface area is 115 Å². The second kappa shape index (κ2) is 5.33. The molecule has 19 heavy (non-hydrogen) atoms. The Morgan fingerprint density at radius 1 is 1.42 bits per heavy atom. The van der Waals surface area contributed by atoms with Crippen molar-refractivity contribution < 1.29 is 9.53 Å². The Balaban J connectivity index is 2.38. The van der Waals surface area contributed by atoms with Gasteiger partial charge in [0.2, 0.25) is 0 Å². The van der Waals surface area contributed by atoms with Crippen molar-refractivity contribution in [2.24, 2.45) is 11.3 Å². The Kier molecular flexibility index (Phi) is 3.95. The normalized spacial score (nSPS) is 22.8. The van der Waals surface area contributed by atoms with E-state index in [4.69, 9.17) is 4.74 Å². The Morgan fingerprint density at radius 3 is 2.63 bits per heavy atom. The number of ether oxygens (including phenoxy) is 1. The van der Waals surface area contributed by atoms with Crippen molar-refractivity contribution in [2.75, 3.05) is 20.2 Å². The predicted molar refractivity (Wildman–Crippen MR) is 76.8 cm³/mol. The van der Waals surface area contributed by atoms with Crippen LogP contribution in [0.25, 0.3) is 0 Å². The molecule has 1 fully saturated rings. The maximum absolute atomic E-state index is 13.0. The SMILES string of the molecule is COc1ccc(C(=O)C2(C(C)C)CCNC2)c(C)c1. The third-order valence-electron chi connectivity index (χ3n) is 4.42. The Hall–Kier alpha value is -1.35. The summed E-state index contributed by atoms with van der Waals surface area (Å²) >= 11 is 0. The van der Waals surface area contributed by atoms with E-state index in [9.17, 15) is 4.79 Å². The van der Waals surface area contributed by atoms with Gasteiger partial charge in [-0.3, -0.25) is 4.79 Å². The number of Topliss-reactive ketones (excluding diaryl/α,β-unsaturated/α-hetero) is 1. The van der Waals surface area contributed by atoms with E-state index in [1.54, 1.807) is 7.11 Å². The molecule has 0 amide bonds. The summed E-state index contributed by atoms with van der Waals surface area (Å²) in [5.74, 6) is 1.42. The fraction of sp³-hybridized carbons (Fsp3) is 0.562. The standard InChI is InChI=1S/C16H23NO2/c1-11(2)16(7-8-17-10-16)15(18)14-6-5-13(19-4)9-12(14)3/h5-6,9,11,17H,7-8,10H2,1-4H3.